The molecule has 0 spiro atoms. The molecule has 0 unspecified atom stereocenters. The molecule has 298 valence electrons. The van der Waals surface area contributed by atoms with E-state index in [-0.39, 0.29) is 18.7 Å². The van der Waals surface area contributed by atoms with E-state index in [1.165, 1.54) is 164 Å². The first-order valence-corrected chi connectivity index (χ1v) is 25.9. The van der Waals surface area contributed by atoms with Crippen LogP contribution in [0, 0.1) is 0 Å². The number of hydrogen-bond acceptors (Lipinski definition) is 4. The van der Waals surface area contributed by atoms with Crippen LogP contribution in [-0.2, 0) is 9.53 Å². The molecule has 54 heavy (non-hydrogen) atoms. The predicted octanol–water partition coefficient (Wildman–Crippen LogP) is 13.9. The fraction of sp³-hybridized carbons (Fsp3) is 0.717. The lowest BCUT2D eigenvalue weighted by Crippen LogP contribution is -2.31. The van der Waals surface area contributed by atoms with Crippen LogP contribution in [0.3, 0.4) is 0 Å². The van der Waals surface area contributed by atoms with E-state index in [0.717, 1.165) is 24.2 Å². The number of esters is 1. The van der Waals surface area contributed by atoms with Gasteiger partial charge in [-0.25, -0.2) is 4.79 Å². The first kappa shape index (κ1) is 41.1. The number of hydrogen-bond donors (Lipinski definition) is 0. The van der Waals surface area contributed by atoms with Gasteiger partial charge in [-0.3, -0.25) is 0 Å². The second-order valence-corrected chi connectivity index (χ2v) is 23.3. The average Bonchev–Trinajstić information content (AvgIpc) is 3.21. The molecular formula is C46H66Cl2O4P2. The zero-order valence-electron chi connectivity index (χ0n) is 33.1. The van der Waals surface area contributed by atoms with Gasteiger partial charge >= 0.3 is 5.97 Å². The van der Waals surface area contributed by atoms with E-state index in [2.05, 4.69) is 24.3 Å². The minimum atomic E-state index is -0.546. The van der Waals surface area contributed by atoms with E-state index in [1.807, 2.05) is 6.92 Å². The van der Waals surface area contributed by atoms with Gasteiger partial charge in [-0.05, 0) is 129 Å². The van der Waals surface area contributed by atoms with Crippen LogP contribution in [0.5, 0.6) is 11.5 Å². The van der Waals surface area contributed by atoms with Gasteiger partial charge in [0.25, 0.3) is 0 Å². The third-order valence-electron chi connectivity index (χ3n) is 13.3. The first-order chi connectivity index (χ1) is 26.5. The molecule has 5 saturated carbocycles. The molecular weight excluding hydrogens is 749 g/mol. The molecule has 0 aliphatic heterocycles. The molecule has 0 amide bonds. The Bertz CT molecular complexity index is 1470. The maximum absolute atomic E-state index is 13.0. The summed E-state index contributed by atoms with van der Waals surface area (Å²) in [5.41, 5.74) is 5.03. The number of benzene rings is 2. The summed E-state index contributed by atoms with van der Waals surface area (Å²) in [6.45, 7) is 2.01. The molecule has 0 N–H and O–H groups in total. The molecule has 5 fully saturated rings. The lowest BCUT2D eigenvalue weighted by Gasteiger charge is -2.42. The molecule has 0 saturated heterocycles. The van der Waals surface area contributed by atoms with E-state index >= 15 is 0 Å². The highest BCUT2D eigenvalue weighted by molar-refractivity contribution is 7.68. The Labute approximate surface area is 339 Å². The molecule has 5 aliphatic carbocycles. The molecule has 0 bridgehead atoms. The minimum absolute atomic E-state index is 0.144. The summed E-state index contributed by atoms with van der Waals surface area (Å²) in [6, 6.07) is 9.07. The van der Waals surface area contributed by atoms with Crippen molar-refractivity contribution in [3.63, 3.8) is 0 Å². The van der Waals surface area contributed by atoms with Gasteiger partial charge in [0, 0.05) is 11.1 Å². The number of ether oxygens (including phenoxy) is 3. The summed E-state index contributed by atoms with van der Waals surface area (Å²) in [5.74, 6) is 1.14. The monoisotopic (exact) mass is 814 g/mol. The summed E-state index contributed by atoms with van der Waals surface area (Å²) >= 11 is 14.8. The Balaban J connectivity index is 1.49. The molecule has 0 aromatic heterocycles. The Morgan fingerprint density at radius 3 is 1.33 bits per heavy atom. The number of carbonyl (C=O) groups is 1. The maximum Gasteiger partial charge on any atom is 0.344 e. The molecule has 0 radical (unpaired) electrons. The zero-order valence-corrected chi connectivity index (χ0v) is 36.4. The molecule has 4 nitrogen and oxygen atoms in total. The van der Waals surface area contributed by atoms with Crippen molar-refractivity contribution in [3.8, 4) is 22.6 Å². The van der Waals surface area contributed by atoms with Crippen molar-refractivity contribution in [1.82, 2.24) is 0 Å². The molecule has 5 aliphatic rings. The van der Waals surface area contributed by atoms with Crippen LogP contribution in [0.25, 0.3) is 11.1 Å². The zero-order chi connectivity index (χ0) is 37.3. The second-order valence-electron chi connectivity index (χ2n) is 17.0. The average molecular weight is 816 g/mol. The van der Waals surface area contributed by atoms with Crippen LogP contribution in [-0.4, -0.2) is 47.9 Å². The van der Waals surface area contributed by atoms with E-state index in [4.69, 9.17) is 37.4 Å². The van der Waals surface area contributed by atoms with Crippen LogP contribution in [0.15, 0.2) is 24.3 Å². The topological polar surface area (TPSA) is 44.8 Å². The normalized spacial score (nSPS) is 21.8. The Morgan fingerprint density at radius 1 is 0.556 bits per heavy atom. The number of rotatable bonds is 13. The molecule has 2 aromatic carbocycles. The molecule has 0 heterocycles. The lowest BCUT2D eigenvalue weighted by molar-refractivity contribution is -0.145. The lowest BCUT2D eigenvalue weighted by atomic mass is 9.97. The summed E-state index contributed by atoms with van der Waals surface area (Å²) in [4.78, 5) is 13.0. The van der Waals surface area contributed by atoms with Crippen LogP contribution in [0.4, 0.5) is 0 Å². The summed E-state index contributed by atoms with van der Waals surface area (Å²) in [6.07, 6.45) is 32.4. The van der Waals surface area contributed by atoms with Gasteiger partial charge in [0.05, 0.1) is 22.8 Å². The summed E-state index contributed by atoms with van der Waals surface area (Å²) in [7, 11) is -1.07. The van der Waals surface area contributed by atoms with Gasteiger partial charge in [0.2, 0.25) is 0 Å². The Kier molecular flexibility index (Phi) is 15.7. The third-order valence-corrected chi connectivity index (χ3v) is 21.0. The van der Waals surface area contributed by atoms with Gasteiger partial charge in [0.15, 0.2) is 6.61 Å². The summed E-state index contributed by atoms with van der Waals surface area (Å²) < 4.78 is 19.5. The quantitative estimate of drug-likeness (QED) is 0.149. The van der Waals surface area contributed by atoms with E-state index in [1.54, 1.807) is 0 Å². The maximum atomic E-state index is 13.0. The molecule has 8 heteroatoms. The standard InChI is InChI=1S/C46H66Cl2O4P2/c1-2-50-42(49)32-51-45-38(47)28-30-40(53(34-20-10-4-11-21-34)35-22-12-5-13-23-35)43(45)44-41(31-29-39(48)46(44)52-33-18-8-3-9-19-33)54(36-24-14-6-15-25-36)37-26-16-7-17-27-37/h28-31,33-37H,2-27,32H2,1H3. The van der Waals surface area contributed by atoms with Gasteiger partial charge in [-0.15, -0.1) is 0 Å². The molecule has 2 aromatic rings. The van der Waals surface area contributed by atoms with Crippen LogP contribution < -0.4 is 20.1 Å². The van der Waals surface area contributed by atoms with Crippen molar-refractivity contribution >= 4 is 55.6 Å². The summed E-state index contributed by atoms with van der Waals surface area (Å²) in [5, 5.41) is 4.15. The van der Waals surface area contributed by atoms with Gasteiger partial charge in [-0.1, -0.05) is 135 Å². The highest BCUT2D eigenvalue weighted by Gasteiger charge is 2.40. The second kappa shape index (κ2) is 20.6. The van der Waals surface area contributed by atoms with Gasteiger partial charge in [0.1, 0.15) is 11.5 Å². The SMILES string of the molecule is CCOC(=O)COc1c(Cl)ccc(P(C2CCCCC2)C2CCCCC2)c1-c1c(P(C2CCCCC2)C2CCCCC2)ccc(Cl)c1OC1CCCCC1. The van der Waals surface area contributed by atoms with Crippen molar-refractivity contribution in [2.45, 2.75) is 196 Å². The number of halogens is 2. The number of carbonyl (C=O) groups excluding carboxylic acids is 1. The van der Waals surface area contributed by atoms with Crippen molar-refractivity contribution < 1.29 is 19.0 Å². The van der Waals surface area contributed by atoms with Crippen LogP contribution in [0.1, 0.15) is 167 Å². The van der Waals surface area contributed by atoms with E-state index < -0.39 is 15.8 Å². The van der Waals surface area contributed by atoms with Crippen LogP contribution in [0.2, 0.25) is 10.0 Å². The van der Waals surface area contributed by atoms with Crippen molar-refractivity contribution in [2.24, 2.45) is 0 Å². The molecule has 0 atom stereocenters. The van der Waals surface area contributed by atoms with Gasteiger partial charge in [-0.2, -0.15) is 0 Å². The largest absolute Gasteiger partial charge is 0.488 e. The fourth-order valence-corrected chi connectivity index (χ4v) is 19.1. The highest BCUT2D eigenvalue weighted by Crippen LogP contribution is 2.61. The van der Waals surface area contributed by atoms with E-state index in [9.17, 15) is 4.79 Å². The highest BCUT2D eigenvalue weighted by atomic mass is 35.5. The van der Waals surface area contributed by atoms with Crippen molar-refractivity contribution in [2.75, 3.05) is 13.2 Å². The third kappa shape index (κ3) is 9.96. The molecule has 7 rings (SSSR count). The van der Waals surface area contributed by atoms with Crippen molar-refractivity contribution in [3.05, 3.63) is 34.3 Å². The fourth-order valence-electron chi connectivity index (χ4n) is 10.8. The Morgan fingerprint density at radius 2 is 0.926 bits per heavy atom. The Hall–Kier alpha value is -1.05. The van der Waals surface area contributed by atoms with Crippen LogP contribution >= 0.6 is 39.0 Å². The first-order valence-electron chi connectivity index (χ1n) is 22.2. The van der Waals surface area contributed by atoms with E-state index in [0.29, 0.717) is 45.0 Å². The van der Waals surface area contributed by atoms with Crippen molar-refractivity contribution in [1.29, 1.82) is 0 Å². The smallest absolute Gasteiger partial charge is 0.344 e. The predicted molar refractivity (Wildman–Crippen MR) is 232 cm³/mol. The minimum Gasteiger partial charge on any atom is -0.488 e. The van der Waals surface area contributed by atoms with Gasteiger partial charge < -0.3 is 14.2 Å².